The van der Waals surface area contributed by atoms with E-state index in [0.29, 0.717) is 34.1 Å². The Morgan fingerprint density at radius 3 is 1.97 bits per heavy atom. The van der Waals surface area contributed by atoms with E-state index >= 15 is 4.39 Å². The number of hydrogen-bond donors (Lipinski definition) is 0. The highest BCUT2D eigenvalue weighted by Gasteiger charge is 2.16. The Bertz CT molecular complexity index is 1370. The van der Waals surface area contributed by atoms with Gasteiger partial charge in [-0.2, -0.15) is 5.26 Å². The average Bonchev–Trinajstić information content (AvgIpc) is 2.78. The summed E-state index contributed by atoms with van der Waals surface area (Å²) >= 11 is 0. The summed E-state index contributed by atoms with van der Waals surface area (Å²) in [7, 11) is 0. The Kier molecular flexibility index (Phi) is 6.15. The van der Waals surface area contributed by atoms with Crippen molar-refractivity contribution in [3.63, 3.8) is 0 Å². The molecule has 4 aromatic rings. The summed E-state index contributed by atoms with van der Waals surface area (Å²) in [5, 5.41) is 9.51. The molecule has 1 nitrogen and oxygen atoms in total. The first-order valence-corrected chi connectivity index (χ1v) is 10.4. The Morgan fingerprint density at radius 2 is 1.36 bits per heavy atom. The number of rotatable bonds is 5. The number of halogens is 5. The van der Waals surface area contributed by atoms with Crippen LogP contribution in [0.1, 0.15) is 29.2 Å². The molecule has 0 saturated carbocycles. The molecule has 4 aromatic carbocycles. The minimum Gasteiger partial charge on any atom is -0.206 e. The van der Waals surface area contributed by atoms with Gasteiger partial charge in [0, 0.05) is 5.39 Å². The molecule has 0 bridgehead atoms. The SMILES string of the molecule is CCc1cc(F)c(-c2ccc3c(F)c(CCc4cc(F)c(C#N)c(F)c4)ccc3c2)c(F)c1. The number of nitrogens with zero attached hydrogens (tertiary/aromatic N) is 1. The van der Waals surface area contributed by atoms with Crippen LogP contribution in [0, 0.1) is 40.4 Å². The van der Waals surface area contributed by atoms with E-state index in [1.54, 1.807) is 19.1 Å². The summed E-state index contributed by atoms with van der Waals surface area (Å²) in [6.45, 7) is 1.80. The van der Waals surface area contributed by atoms with E-state index in [9.17, 15) is 17.6 Å². The highest BCUT2D eigenvalue weighted by molar-refractivity contribution is 5.88. The molecule has 0 aliphatic carbocycles. The number of fused-ring (bicyclic) bond motifs is 1. The van der Waals surface area contributed by atoms with Crippen molar-refractivity contribution in [1.82, 2.24) is 0 Å². The van der Waals surface area contributed by atoms with E-state index in [4.69, 9.17) is 5.26 Å². The van der Waals surface area contributed by atoms with Crippen LogP contribution < -0.4 is 0 Å². The second-order valence-electron chi connectivity index (χ2n) is 7.81. The van der Waals surface area contributed by atoms with Gasteiger partial charge in [0.2, 0.25) is 0 Å². The third kappa shape index (κ3) is 4.31. The second-order valence-corrected chi connectivity index (χ2v) is 7.81. The zero-order chi connectivity index (χ0) is 23.7. The lowest BCUT2D eigenvalue weighted by Gasteiger charge is -2.11. The lowest BCUT2D eigenvalue weighted by Crippen LogP contribution is -1.99. The van der Waals surface area contributed by atoms with Crippen molar-refractivity contribution in [1.29, 1.82) is 5.26 Å². The monoisotopic (exact) mass is 451 g/mol. The molecule has 0 radical (unpaired) electrons. The van der Waals surface area contributed by atoms with Crippen LogP contribution in [0.15, 0.2) is 54.6 Å². The van der Waals surface area contributed by atoms with Crippen LogP contribution in [0.3, 0.4) is 0 Å². The Morgan fingerprint density at radius 1 is 0.727 bits per heavy atom. The maximum absolute atomic E-state index is 15.1. The number of nitriles is 1. The standard InChI is InChI=1S/C27H18F5N/c1-2-15-9-24(30)26(25(31)10-15)19-7-8-20-18(13-19)6-5-17(27(20)32)4-3-16-11-22(28)21(14-33)23(29)12-16/h5-13H,2-4H2,1H3. The van der Waals surface area contributed by atoms with Crippen LogP contribution >= 0.6 is 0 Å². The van der Waals surface area contributed by atoms with Crippen LogP contribution in [0.4, 0.5) is 22.0 Å². The summed E-state index contributed by atoms with van der Waals surface area (Å²) in [6.07, 6.45) is 0.845. The molecule has 0 amide bonds. The van der Waals surface area contributed by atoms with Gasteiger partial charge in [-0.05, 0) is 77.2 Å². The topological polar surface area (TPSA) is 23.8 Å². The molecule has 33 heavy (non-hydrogen) atoms. The van der Waals surface area contributed by atoms with Crippen LogP contribution in [-0.2, 0) is 19.3 Å². The normalized spacial score (nSPS) is 11.1. The van der Waals surface area contributed by atoms with Crippen molar-refractivity contribution in [2.75, 3.05) is 0 Å². The Labute approximate surface area is 187 Å². The van der Waals surface area contributed by atoms with Crippen molar-refractivity contribution in [2.45, 2.75) is 26.2 Å². The molecule has 0 N–H and O–H groups in total. The maximum Gasteiger partial charge on any atom is 0.144 e. The molecule has 0 atom stereocenters. The lowest BCUT2D eigenvalue weighted by atomic mass is 9.96. The first-order valence-electron chi connectivity index (χ1n) is 10.4. The molecule has 4 rings (SSSR count). The van der Waals surface area contributed by atoms with Gasteiger partial charge in [0.05, 0.1) is 5.56 Å². The molecule has 0 unspecified atom stereocenters. The molecular formula is C27H18F5N. The lowest BCUT2D eigenvalue weighted by molar-refractivity contribution is 0.572. The minimum absolute atomic E-state index is 0.163. The van der Waals surface area contributed by atoms with E-state index in [-0.39, 0.29) is 23.8 Å². The fraction of sp³-hybridized carbons (Fsp3) is 0.148. The predicted octanol–water partition coefficient (Wildman–Crippen LogP) is 7.42. The van der Waals surface area contributed by atoms with Crippen LogP contribution in [0.5, 0.6) is 0 Å². The molecule has 0 aliphatic rings. The predicted molar refractivity (Wildman–Crippen MR) is 117 cm³/mol. The van der Waals surface area contributed by atoms with Gasteiger partial charge in [-0.3, -0.25) is 0 Å². The van der Waals surface area contributed by atoms with E-state index < -0.39 is 34.6 Å². The van der Waals surface area contributed by atoms with Gasteiger partial charge in [-0.1, -0.05) is 31.2 Å². The van der Waals surface area contributed by atoms with Gasteiger partial charge in [0.15, 0.2) is 0 Å². The fourth-order valence-corrected chi connectivity index (χ4v) is 3.95. The molecule has 166 valence electrons. The van der Waals surface area contributed by atoms with Crippen molar-refractivity contribution in [2.24, 2.45) is 0 Å². The first kappa shape index (κ1) is 22.5. The van der Waals surface area contributed by atoms with Crippen molar-refractivity contribution < 1.29 is 22.0 Å². The molecule has 0 heterocycles. The molecule has 0 aromatic heterocycles. The Balaban J connectivity index is 1.64. The third-order valence-electron chi connectivity index (χ3n) is 5.73. The number of benzene rings is 4. The quantitative estimate of drug-likeness (QED) is 0.290. The van der Waals surface area contributed by atoms with Gasteiger partial charge in [-0.15, -0.1) is 0 Å². The maximum atomic E-state index is 15.1. The highest BCUT2D eigenvalue weighted by atomic mass is 19.1. The largest absolute Gasteiger partial charge is 0.206 e. The first-order chi connectivity index (χ1) is 15.8. The van der Waals surface area contributed by atoms with Crippen LogP contribution in [-0.4, -0.2) is 0 Å². The summed E-state index contributed by atoms with van der Waals surface area (Å²) < 4.78 is 71.7. The van der Waals surface area contributed by atoms with Crippen LogP contribution in [0.2, 0.25) is 0 Å². The summed E-state index contributed by atoms with van der Waals surface area (Å²) in [5.41, 5.74) is 0.681. The fourth-order valence-electron chi connectivity index (χ4n) is 3.95. The minimum atomic E-state index is -0.953. The van der Waals surface area contributed by atoms with Gasteiger partial charge >= 0.3 is 0 Å². The zero-order valence-corrected chi connectivity index (χ0v) is 17.7. The van der Waals surface area contributed by atoms with Gasteiger partial charge < -0.3 is 0 Å². The molecule has 0 fully saturated rings. The van der Waals surface area contributed by atoms with Gasteiger partial charge in [0.1, 0.15) is 40.7 Å². The second kappa shape index (κ2) is 9.03. The molecule has 6 heteroatoms. The van der Waals surface area contributed by atoms with Gasteiger partial charge in [0.25, 0.3) is 0 Å². The van der Waals surface area contributed by atoms with Crippen LogP contribution in [0.25, 0.3) is 21.9 Å². The molecule has 0 spiro atoms. The van der Waals surface area contributed by atoms with E-state index in [0.717, 1.165) is 12.1 Å². The van der Waals surface area contributed by atoms with E-state index in [1.807, 2.05) is 0 Å². The van der Waals surface area contributed by atoms with E-state index in [2.05, 4.69) is 0 Å². The molecule has 0 saturated heterocycles. The third-order valence-corrected chi connectivity index (χ3v) is 5.73. The smallest absolute Gasteiger partial charge is 0.144 e. The highest BCUT2D eigenvalue weighted by Crippen LogP contribution is 2.32. The van der Waals surface area contributed by atoms with Crippen molar-refractivity contribution >= 4 is 10.8 Å². The molecular weight excluding hydrogens is 433 g/mol. The van der Waals surface area contributed by atoms with Crippen molar-refractivity contribution in [3.05, 3.63) is 106 Å². The summed E-state index contributed by atoms with van der Waals surface area (Å²) in [4.78, 5) is 0. The van der Waals surface area contributed by atoms with E-state index in [1.165, 1.54) is 36.4 Å². The average molecular weight is 451 g/mol. The van der Waals surface area contributed by atoms with Crippen molar-refractivity contribution in [3.8, 4) is 17.2 Å². The number of hydrogen-bond acceptors (Lipinski definition) is 1. The summed E-state index contributed by atoms with van der Waals surface area (Å²) in [5.74, 6) is -3.76. The number of aryl methyl sites for hydroxylation is 3. The summed E-state index contributed by atoms with van der Waals surface area (Å²) in [6, 6.07) is 13.8. The van der Waals surface area contributed by atoms with Gasteiger partial charge in [-0.25, -0.2) is 22.0 Å². The Hall–Kier alpha value is -3.72. The zero-order valence-electron chi connectivity index (χ0n) is 17.7. The molecule has 0 aliphatic heterocycles.